The van der Waals surface area contributed by atoms with E-state index in [9.17, 15) is 5.11 Å². The summed E-state index contributed by atoms with van der Waals surface area (Å²) in [6, 6.07) is 6.70. The summed E-state index contributed by atoms with van der Waals surface area (Å²) in [4.78, 5) is 2.21. The first-order valence-electron chi connectivity index (χ1n) is 6.41. The summed E-state index contributed by atoms with van der Waals surface area (Å²) in [5.41, 5.74) is 3.53. The molecule has 0 aliphatic rings. The third-order valence-electron chi connectivity index (χ3n) is 3.72. The van der Waals surface area contributed by atoms with Crippen LogP contribution in [0.25, 0.3) is 0 Å². The van der Waals surface area contributed by atoms with E-state index in [1.165, 1.54) is 11.1 Å². The molecule has 1 rings (SSSR count). The molecule has 0 fully saturated rings. The molecule has 0 heterocycles. The zero-order valence-corrected chi connectivity index (χ0v) is 11.7. The highest BCUT2D eigenvalue weighted by Crippen LogP contribution is 2.18. The lowest BCUT2D eigenvalue weighted by Crippen LogP contribution is -2.32. The van der Waals surface area contributed by atoms with Crippen molar-refractivity contribution < 1.29 is 5.11 Å². The largest absolute Gasteiger partial charge is 0.387 e. The van der Waals surface area contributed by atoms with E-state index in [0.717, 1.165) is 12.0 Å². The topological polar surface area (TPSA) is 23.5 Å². The van der Waals surface area contributed by atoms with E-state index in [1.54, 1.807) is 0 Å². The molecule has 2 atom stereocenters. The predicted octanol–water partition coefficient (Wildman–Crippen LogP) is 3.07. The van der Waals surface area contributed by atoms with Gasteiger partial charge >= 0.3 is 0 Å². The second kappa shape index (κ2) is 6.18. The molecule has 0 spiro atoms. The minimum absolute atomic E-state index is 0.395. The molecular formula is C15H25NO. The number of likely N-dealkylation sites (N-methyl/N-ethyl adjacent to an activating group) is 1. The summed E-state index contributed by atoms with van der Waals surface area (Å²) in [6.45, 7) is 9.23. The number of hydrogen-bond acceptors (Lipinski definition) is 2. The van der Waals surface area contributed by atoms with Crippen molar-refractivity contribution in [3.63, 3.8) is 0 Å². The van der Waals surface area contributed by atoms with Crippen LogP contribution in [-0.4, -0.2) is 29.6 Å². The number of aryl methyl sites for hydroxylation is 2. The third-order valence-corrected chi connectivity index (χ3v) is 3.72. The number of benzene rings is 1. The number of aliphatic hydroxyl groups is 1. The molecule has 17 heavy (non-hydrogen) atoms. The Bertz CT molecular complexity index is 362. The first-order valence-corrected chi connectivity index (χ1v) is 6.41. The van der Waals surface area contributed by atoms with Crippen molar-refractivity contribution in [1.82, 2.24) is 4.90 Å². The standard InChI is InChI=1S/C15H25NO/c1-6-13(4)16(5)10-15(17)14-8-7-11(2)12(3)9-14/h7-9,13,15,17H,6,10H2,1-5H3. The Labute approximate surface area is 105 Å². The Morgan fingerprint density at radius 2 is 1.88 bits per heavy atom. The van der Waals surface area contributed by atoms with Crippen LogP contribution in [0, 0.1) is 13.8 Å². The van der Waals surface area contributed by atoms with Gasteiger partial charge in [0.25, 0.3) is 0 Å². The maximum absolute atomic E-state index is 10.2. The maximum atomic E-state index is 10.2. The average molecular weight is 235 g/mol. The molecule has 1 aromatic carbocycles. The van der Waals surface area contributed by atoms with Gasteiger partial charge in [-0.2, -0.15) is 0 Å². The van der Waals surface area contributed by atoms with E-state index >= 15 is 0 Å². The summed E-state index contributed by atoms with van der Waals surface area (Å²) in [5.74, 6) is 0. The van der Waals surface area contributed by atoms with E-state index in [2.05, 4.69) is 51.8 Å². The van der Waals surface area contributed by atoms with E-state index in [4.69, 9.17) is 0 Å². The molecule has 1 aromatic rings. The first kappa shape index (κ1) is 14.2. The molecule has 0 saturated heterocycles. The molecule has 0 amide bonds. The third kappa shape index (κ3) is 3.83. The van der Waals surface area contributed by atoms with Gasteiger partial charge in [-0.3, -0.25) is 0 Å². The quantitative estimate of drug-likeness (QED) is 0.848. The van der Waals surface area contributed by atoms with Gasteiger partial charge in [-0.15, -0.1) is 0 Å². The lowest BCUT2D eigenvalue weighted by atomic mass is 10.0. The molecule has 0 aliphatic heterocycles. The highest BCUT2D eigenvalue weighted by Gasteiger charge is 2.14. The minimum Gasteiger partial charge on any atom is -0.387 e. The molecule has 1 N–H and O–H groups in total. The Morgan fingerprint density at radius 3 is 2.41 bits per heavy atom. The summed E-state index contributed by atoms with van der Waals surface area (Å²) < 4.78 is 0. The molecular weight excluding hydrogens is 210 g/mol. The van der Waals surface area contributed by atoms with Crippen LogP contribution >= 0.6 is 0 Å². The van der Waals surface area contributed by atoms with Crippen molar-refractivity contribution in [3.8, 4) is 0 Å². The van der Waals surface area contributed by atoms with Crippen LogP contribution in [-0.2, 0) is 0 Å². The van der Waals surface area contributed by atoms with Crippen LogP contribution in [0.3, 0.4) is 0 Å². The number of aliphatic hydroxyl groups excluding tert-OH is 1. The highest BCUT2D eigenvalue weighted by atomic mass is 16.3. The first-order chi connectivity index (χ1) is 7.95. The van der Waals surface area contributed by atoms with Crippen molar-refractivity contribution >= 4 is 0 Å². The van der Waals surface area contributed by atoms with Crippen molar-refractivity contribution in [1.29, 1.82) is 0 Å². The molecule has 96 valence electrons. The Hall–Kier alpha value is -0.860. The number of rotatable bonds is 5. The molecule has 0 radical (unpaired) electrons. The molecule has 0 aliphatic carbocycles. The van der Waals surface area contributed by atoms with Crippen LogP contribution in [0.2, 0.25) is 0 Å². The average Bonchev–Trinajstić information content (AvgIpc) is 2.31. The van der Waals surface area contributed by atoms with Gasteiger partial charge in [0.05, 0.1) is 6.10 Å². The lowest BCUT2D eigenvalue weighted by Gasteiger charge is -2.26. The van der Waals surface area contributed by atoms with Crippen LogP contribution < -0.4 is 0 Å². The fourth-order valence-corrected chi connectivity index (χ4v) is 1.84. The fourth-order valence-electron chi connectivity index (χ4n) is 1.84. The summed E-state index contributed by atoms with van der Waals surface area (Å²) >= 11 is 0. The van der Waals surface area contributed by atoms with Gasteiger partial charge < -0.3 is 10.0 Å². The zero-order chi connectivity index (χ0) is 13.0. The van der Waals surface area contributed by atoms with Crippen LogP contribution in [0.4, 0.5) is 0 Å². The van der Waals surface area contributed by atoms with E-state index in [1.807, 2.05) is 6.07 Å². The van der Waals surface area contributed by atoms with Crippen LogP contribution in [0.15, 0.2) is 18.2 Å². The van der Waals surface area contributed by atoms with Crippen molar-refractivity contribution in [2.24, 2.45) is 0 Å². The summed E-state index contributed by atoms with van der Waals surface area (Å²) in [6.07, 6.45) is 0.712. The van der Waals surface area contributed by atoms with Gasteiger partial charge in [0.2, 0.25) is 0 Å². The van der Waals surface area contributed by atoms with E-state index < -0.39 is 6.10 Å². The van der Waals surface area contributed by atoms with Crippen LogP contribution in [0.5, 0.6) is 0 Å². The minimum atomic E-state index is -0.395. The normalized spacial score (nSPS) is 15.0. The Morgan fingerprint density at radius 1 is 1.24 bits per heavy atom. The van der Waals surface area contributed by atoms with Gasteiger partial charge in [0.1, 0.15) is 0 Å². The Kier molecular flexibility index (Phi) is 5.16. The smallest absolute Gasteiger partial charge is 0.0917 e. The summed E-state index contributed by atoms with van der Waals surface area (Å²) in [7, 11) is 2.07. The number of hydrogen-bond donors (Lipinski definition) is 1. The maximum Gasteiger partial charge on any atom is 0.0917 e. The van der Waals surface area contributed by atoms with Gasteiger partial charge in [0.15, 0.2) is 0 Å². The molecule has 0 bridgehead atoms. The highest BCUT2D eigenvalue weighted by molar-refractivity contribution is 5.31. The zero-order valence-electron chi connectivity index (χ0n) is 11.7. The monoisotopic (exact) mass is 235 g/mol. The Balaban J connectivity index is 2.69. The fraction of sp³-hybridized carbons (Fsp3) is 0.600. The SMILES string of the molecule is CCC(C)N(C)CC(O)c1ccc(C)c(C)c1. The van der Waals surface area contributed by atoms with Crippen LogP contribution in [0.1, 0.15) is 43.1 Å². The van der Waals surface area contributed by atoms with E-state index in [-0.39, 0.29) is 0 Å². The summed E-state index contributed by atoms with van der Waals surface area (Å²) in [5, 5.41) is 10.2. The second-order valence-electron chi connectivity index (χ2n) is 5.06. The van der Waals surface area contributed by atoms with Crippen molar-refractivity contribution in [2.75, 3.05) is 13.6 Å². The molecule has 0 aromatic heterocycles. The number of nitrogens with zero attached hydrogens (tertiary/aromatic N) is 1. The lowest BCUT2D eigenvalue weighted by molar-refractivity contribution is 0.107. The molecule has 2 unspecified atom stereocenters. The van der Waals surface area contributed by atoms with Gasteiger partial charge in [-0.05, 0) is 50.9 Å². The molecule has 2 nitrogen and oxygen atoms in total. The van der Waals surface area contributed by atoms with Gasteiger partial charge in [-0.1, -0.05) is 25.1 Å². The van der Waals surface area contributed by atoms with Gasteiger partial charge in [-0.25, -0.2) is 0 Å². The second-order valence-corrected chi connectivity index (χ2v) is 5.06. The van der Waals surface area contributed by atoms with Gasteiger partial charge in [0, 0.05) is 12.6 Å². The van der Waals surface area contributed by atoms with Crippen molar-refractivity contribution in [3.05, 3.63) is 34.9 Å². The molecule has 0 saturated carbocycles. The predicted molar refractivity (Wildman–Crippen MR) is 73.3 cm³/mol. The van der Waals surface area contributed by atoms with Crippen molar-refractivity contribution in [2.45, 2.75) is 46.3 Å². The van der Waals surface area contributed by atoms with E-state index in [0.29, 0.717) is 12.6 Å². The molecule has 2 heteroatoms.